The highest BCUT2D eigenvalue weighted by molar-refractivity contribution is 7.47. The zero-order chi connectivity index (χ0) is 43.2. The van der Waals surface area contributed by atoms with Gasteiger partial charge in [0.2, 0.25) is 0 Å². The van der Waals surface area contributed by atoms with Gasteiger partial charge in [0.1, 0.15) is 6.61 Å². The van der Waals surface area contributed by atoms with Crippen LogP contribution in [0.1, 0.15) is 271 Å². The van der Waals surface area contributed by atoms with Gasteiger partial charge in [0.15, 0.2) is 6.10 Å². The average Bonchev–Trinajstić information content (AvgIpc) is 3.23. The lowest BCUT2D eigenvalue weighted by atomic mass is 10.0. The minimum Gasteiger partial charge on any atom is -0.462 e. The van der Waals surface area contributed by atoms with Crippen molar-refractivity contribution < 1.29 is 37.6 Å². The number of esters is 2. The van der Waals surface area contributed by atoms with Crippen molar-refractivity contribution >= 4 is 19.8 Å². The van der Waals surface area contributed by atoms with E-state index in [2.05, 4.69) is 30.5 Å². The Bertz CT molecular complexity index is 973. The number of unbranched alkanes of at least 4 members (excludes halogenated alkanes) is 35. The summed E-state index contributed by atoms with van der Waals surface area (Å²) in [5, 5.41) is 0. The molecule has 0 spiro atoms. The third-order valence-corrected chi connectivity index (χ3v) is 12.4. The molecule has 0 saturated carbocycles. The van der Waals surface area contributed by atoms with Crippen molar-refractivity contribution in [2.45, 2.75) is 277 Å². The van der Waals surface area contributed by atoms with E-state index in [0.717, 1.165) is 52.1 Å². The normalized spacial score (nSPS) is 13.2. The van der Waals surface area contributed by atoms with E-state index in [0.29, 0.717) is 12.8 Å². The van der Waals surface area contributed by atoms with Crippen LogP contribution in [0.15, 0.2) is 12.2 Å². The van der Waals surface area contributed by atoms with Crippen molar-refractivity contribution in [3.63, 3.8) is 0 Å². The molecule has 0 fully saturated rings. The number of phosphoric ester groups is 1. The summed E-state index contributed by atoms with van der Waals surface area (Å²) < 4.78 is 32.1. The molecule has 0 heterocycles. The van der Waals surface area contributed by atoms with Crippen molar-refractivity contribution in [3.8, 4) is 0 Å². The second-order valence-electron chi connectivity index (χ2n) is 17.3. The molecule has 0 amide bonds. The van der Waals surface area contributed by atoms with E-state index in [1.54, 1.807) is 0 Å². The maximum Gasteiger partial charge on any atom is 0.472 e. The Morgan fingerprint density at radius 3 is 1.10 bits per heavy atom. The average molecular weight is 857 g/mol. The number of allylic oxidation sites excluding steroid dienone is 2. The second kappa shape index (κ2) is 46.3. The fourth-order valence-corrected chi connectivity index (χ4v) is 8.06. The number of carbonyl (C=O) groups excluding carboxylic acids is 2. The number of phosphoric acid groups is 1. The molecular weight excluding hydrogens is 760 g/mol. The fourth-order valence-electron chi connectivity index (χ4n) is 7.60. The zero-order valence-electron chi connectivity index (χ0n) is 39.2. The molecule has 0 rings (SSSR count). The van der Waals surface area contributed by atoms with Crippen LogP contribution >= 0.6 is 7.82 Å². The van der Waals surface area contributed by atoms with Crippen LogP contribution < -0.4 is 0 Å². The van der Waals surface area contributed by atoms with Crippen molar-refractivity contribution in [2.75, 3.05) is 20.3 Å². The molecule has 1 N–H and O–H groups in total. The minimum atomic E-state index is -4.26. The van der Waals surface area contributed by atoms with Gasteiger partial charge in [-0.05, 0) is 38.5 Å². The minimum absolute atomic E-state index is 0.220. The van der Waals surface area contributed by atoms with E-state index in [1.807, 2.05) is 0 Å². The summed E-state index contributed by atoms with van der Waals surface area (Å²) in [6.07, 6.45) is 52.8. The summed E-state index contributed by atoms with van der Waals surface area (Å²) in [7, 11) is -3.19. The van der Waals surface area contributed by atoms with E-state index < -0.39 is 26.5 Å². The first-order valence-corrected chi connectivity index (χ1v) is 26.9. The number of carbonyl (C=O) groups is 2. The molecular formula is C50H97O8P. The van der Waals surface area contributed by atoms with E-state index in [1.165, 1.54) is 193 Å². The Kier molecular flexibility index (Phi) is 45.3. The Labute approximate surface area is 365 Å². The van der Waals surface area contributed by atoms with Gasteiger partial charge in [0, 0.05) is 20.0 Å². The molecule has 8 nitrogen and oxygen atoms in total. The number of rotatable bonds is 48. The molecule has 0 radical (unpaired) electrons. The van der Waals surface area contributed by atoms with Gasteiger partial charge >= 0.3 is 19.8 Å². The van der Waals surface area contributed by atoms with Crippen LogP contribution in [0.2, 0.25) is 0 Å². The quantitative estimate of drug-likeness (QED) is 0.0279. The first kappa shape index (κ1) is 57.8. The molecule has 0 aromatic carbocycles. The maximum atomic E-state index is 12.6. The molecule has 59 heavy (non-hydrogen) atoms. The molecule has 0 aliphatic heterocycles. The Hall–Kier alpha value is -1.21. The topological polar surface area (TPSA) is 108 Å². The predicted octanol–water partition coefficient (Wildman–Crippen LogP) is 16.4. The second-order valence-corrected chi connectivity index (χ2v) is 18.9. The molecule has 0 bridgehead atoms. The van der Waals surface area contributed by atoms with Crippen LogP contribution in [0, 0.1) is 0 Å². The SMILES string of the molecule is CCCCCCCCC/C=C\CCCCCCCCCC(=O)OC(COC(=O)CCCCCCCCCCCCCCCCCCCCCCCC)COP(=O)(O)OC. The van der Waals surface area contributed by atoms with Gasteiger partial charge in [0.25, 0.3) is 0 Å². The monoisotopic (exact) mass is 857 g/mol. The van der Waals surface area contributed by atoms with Crippen molar-refractivity contribution in [1.82, 2.24) is 0 Å². The van der Waals surface area contributed by atoms with Gasteiger partial charge in [-0.2, -0.15) is 0 Å². The first-order chi connectivity index (χ1) is 28.8. The van der Waals surface area contributed by atoms with Crippen molar-refractivity contribution in [2.24, 2.45) is 0 Å². The molecule has 0 aromatic heterocycles. The van der Waals surface area contributed by atoms with Crippen LogP contribution in [-0.2, 0) is 32.7 Å². The molecule has 0 saturated heterocycles. The summed E-state index contributed by atoms with van der Waals surface area (Å²) in [5.41, 5.74) is 0. The third-order valence-electron chi connectivity index (χ3n) is 11.5. The van der Waals surface area contributed by atoms with Gasteiger partial charge in [0.05, 0.1) is 6.61 Å². The van der Waals surface area contributed by atoms with Gasteiger partial charge < -0.3 is 14.4 Å². The fraction of sp³-hybridized carbons (Fsp3) is 0.920. The Morgan fingerprint density at radius 2 is 0.763 bits per heavy atom. The molecule has 0 aromatic rings. The summed E-state index contributed by atoms with van der Waals surface area (Å²) >= 11 is 0. The molecule has 2 atom stereocenters. The number of hydrogen-bond acceptors (Lipinski definition) is 7. The van der Waals surface area contributed by atoms with E-state index in [-0.39, 0.29) is 19.0 Å². The summed E-state index contributed by atoms with van der Waals surface area (Å²) in [4.78, 5) is 34.6. The number of hydrogen-bond donors (Lipinski definition) is 1. The van der Waals surface area contributed by atoms with Gasteiger partial charge in [-0.1, -0.05) is 231 Å². The van der Waals surface area contributed by atoms with Crippen LogP contribution in [-0.4, -0.2) is 43.3 Å². The van der Waals surface area contributed by atoms with E-state index >= 15 is 0 Å². The molecule has 350 valence electrons. The molecule has 2 unspecified atom stereocenters. The van der Waals surface area contributed by atoms with Crippen LogP contribution in [0.4, 0.5) is 0 Å². The predicted molar refractivity (Wildman–Crippen MR) is 249 cm³/mol. The molecule has 0 aliphatic carbocycles. The standard InChI is InChI=1S/C50H97O8P/c1-4-6-8-10-12-14-16-18-20-22-24-25-26-27-29-30-32-34-36-38-40-42-44-49(51)56-46-48(47-57-59(53,54)55-3)58-50(52)45-43-41-39-37-35-33-31-28-23-21-19-17-15-13-11-9-7-5-2/h21,23,48H,4-20,22,24-47H2,1-3H3,(H,53,54)/b23-21-. The van der Waals surface area contributed by atoms with Crippen molar-refractivity contribution in [1.29, 1.82) is 0 Å². The highest BCUT2D eigenvalue weighted by atomic mass is 31.2. The van der Waals surface area contributed by atoms with E-state index in [4.69, 9.17) is 14.0 Å². The number of ether oxygens (including phenoxy) is 2. The summed E-state index contributed by atoms with van der Waals surface area (Å²) in [6, 6.07) is 0. The highest BCUT2D eigenvalue weighted by Gasteiger charge is 2.24. The van der Waals surface area contributed by atoms with E-state index in [9.17, 15) is 19.0 Å². The van der Waals surface area contributed by atoms with Crippen molar-refractivity contribution in [3.05, 3.63) is 12.2 Å². The molecule has 0 aliphatic rings. The molecule has 9 heteroatoms. The lowest BCUT2D eigenvalue weighted by molar-refractivity contribution is -0.161. The van der Waals surface area contributed by atoms with Gasteiger partial charge in [-0.15, -0.1) is 0 Å². The smallest absolute Gasteiger partial charge is 0.462 e. The van der Waals surface area contributed by atoms with Gasteiger partial charge in [-0.25, -0.2) is 4.57 Å². The van der Waals surface area contributed by atoms with Crippen LogP contribution in [0.25, 0.3) is 0 Å². The largest absolute Gasteiger partial charge is 0.472 e. The zero-order valence-corrected chi connectivity index (χ0v) is 40.1. The third kappa shape index (κ3) is 46.1. The van der Waals surface area contributed by atoms with Crippen LogP contribution in [0.5, 0.6) is 0 Å². The lowest BCUT2D eigenvalue weighted by Gasteiger charge is -2.19. The lowest BCUT2D eigenvalue weighted by Crippen LogP contribution is -2.29. The van der Waals surface area contributed by atoms with Crippen LogP contribution in [0.3, 0.4) is 0 Å². The summed E-state index contributed by atoms with van der Waals surface area (Å²) in [5.74, 6) is -0.791. The van der Waals surface area contributed by atoms with Gasteiger partial charge in [-0.3, -0.25) is 18.6 Å². The highest BCUT2D eigenvalue weighted by Crippen LogP contribution is 2.42. The first-order valence-electron chi connectivity index (χ1n) is 25.4. The maximum absolute atomic E-state index is 12.6. The Balaban J connectivity index is 3.86. The summed E-state index contributed by atoms with van der Waals surface area (Å²) in [6.45, 7) is 3.93. The Morgan fingerprint density at radius 1 is 0.458 bits per heavy atom.